The number of carbonyl (C=O) groups excluding carboxylic acids is 2. The van der Waals surface area contributed by atoms with Crippen LogP contribution in [0.1, 0.15) is 18.4 Å². The summed E-state index contributed by atoms with van der Waals surface area (Å²) >= 11 is 0. The molecule has 0 spiro atoms. The Morgan fingerprint density at radius 3 is 2.78 bits per heavy atom. The summed E-state index contributed by atoms with van der Waals surface area (Å²) < 4.78 is 13.6. The van der Waals surface area contributed by atoms with Gasteiger partial charge in [-0.1, -0.05) is 18.2 Å². The van der Waals surface area contributed by atoms with Crippen LogP contribution in [-0.4, -0.2) is 42.9 Å². The summed E-state index contributed by atoms with van der Waals surface area (Å²) in [6.07, 6.45) is 1.58. The zero-order valence-electron chi connectivity index (χ0n) is 13.0. The molecule has 23 heavy (non-hydrogen) atoms. The lowest BCUT2D eigenvalue weighted by Crippen LogP contribution is -2.46. The highest BCUT2D eigenvalue weighted by Gasteiger charge is 2.28. The van der Waals surface area contributed by atoms with Crippen LogP contribution in [0.3, 0.4) is 0 Å². The lowest BCUT2D eigenvalue weighted by molar-refractivity contribution is -0.135. The number of benzene rings is 1. The largest absolute Gasteiger partial charge is 0.355 e. The molecule has 1 aromatic carbocycles. The first-order valence-electron chi connectivity index (χ1n) is 7.60. The van der Waals surface area contributed by atoms with Crippen LogP contribution in [0.25, 0.3) is 0 Å². The Balaban J connectivity index is 0.00000264. The lowest BCUT2D eigenvalue weighted by atomic mass is 9.96. The first-order valence-corrected chi connectivity index (χ1v) is 7.60. The topological polar surface area (TPSA) is 75.4 Å². The van der Waals surface area contributed by atoms with Crippen LogP contribution in [-0.2, 0) is 16.0 Å². The van der Waals surface area contributed by atoms with Gasteiger partial charge in [-0.15, -0.1) is 12.4 Å². The molecular formula is C16H23ClFN3O2. The highest BCUT2D eigenvalue weighted by Crippen LogP contribution is 2.18. The third kappa shape index (κ3) is 5.48. The quantitative estimate of drug-likeness (QED) is 0.840. The molecule has 1 unspecified atom stereocenters. The van der Waals surface area contributed by atoms with Gasteiger partial charge < -0.3 is 16.0 Å². The van der Waals surface area contributed by atoms with Crippen molar-refractivity contribution in [2.75, 3.05) is 26.2 Å². The van der Waals surface area contributed by atoms with Gasteiger partial charge in [-0.2, -0.15) is 0 Å². The molecule has 1 heterocycles. The first-order chi connectivity index (χ1) is 10.6. The summed E-state index contributed by atoms with van der Waals surface area (Å²) in [5.41, 5.74) is 5.76. The number of likely N-dealkylation sites (tertiary alicyclic amines) is 1. The second kappa shape index (κ2) is 9.47. The van der Waals surface area contributed by atoms with E-state index in [4.69, 9.17) is 5.73 Å². The number of hydrogen-bond donors (Lipinski definition) is 2. The van der Waals surface area contributed by atoms with E-state index in [1.165, 1.54) is 6.07 Å². The van der Waals surface area contributed by atoms with E-state index in [-0.39, 0.29) is 42.4 Å². The number of halogens is 2. The number of nitrogens with two attached hydrogens (primary N) is 1. The molecule has 0 bridgehead atoms. The van der Waals surface area contributed by atoms with Crippen LogP contribution in [0.4, 0.5) is 4.39 Å². The molecule has 0 aromatic heterocycles. The van der Waals surface area contributed by atoms with Crippen molar-refractivity contribution in [2.45, 2.75) is 19.3 Å². The van der Waals surface area contributed by atoms with Crippen LogP contribution in [0.5, 0.6) is 0 Å². The molecule has 0 radical (unpaired) electrons. The van der Waals surface area contributed by atoms with Gasteiger partial charge in [-0.05, 0) is 24.5 Å². The average Bonchev–Trinajstić information content (AvgIpc) is 2.54. The zero-order valence-corrected chi connectivity index (χ0v) is 13.8. The molecule has 1 aliphatic heterocycles. The fraction of sp³-hybridized carbons (Fsp3) is 0.500. The van der Waals surface area contributed by atoms with Gasteiger partial charge in [-0.25, -0.2) is 4.39 Å². The standard InChI is InChI=1S/C16H22FN3O2.ClH/c17-14-6-2-1-4-12(14)10-15(21)20-9-3-5-13(11-20)16(22)19-8-7-18;/h1-2,4,6,13H,3,5,7-11,18H2,(H,19,22);1H. The third-order valence-corrected chi connectivity index (χ3v) is 3.89. The summed E-state index contributed by atoms with van der Waals surface area (Å²) in [5.74, 6) is -0.773. The molecule has 2 amide bonds. The Bertz CT molecular complexity index is 542. The van der Waals surface area contributed by atoms with E-state index < -0.39 is 0 Å². The van der Waals surface area contributed by atoms with E-state index >= 15 is 0 Å². The van der Waals surface area contributed by atoms with Gasteiger partial charge in [0.1, 0.15) is 5.82 Å². The summed E-state index contributed by atoms with van der Waals surface area (Å²) in [6.45, 7) is 1.85. The Labute approximate surface area is 141 Å². The van der Waals surface area contributed by atoms with Crippen molar-refractivity contribution in [1.29, 1.82) is 0 Å². The molecular weight excluding hydrogens is 321 g/mol. The molecule has 2 rings (SSSR count). The number of nitrogens with one attached hydrogen (secondary N) is 1. The number of piperidine rings is 1. The van der Waals surface area contributed by atoms with Gasteiger partial charge in [0.15, 0.2) is 0 Å². The van der Waals surface area contributed by atoms with E-state index in [0.717, 1.165) is 12.8 Å². The maximum Gasteiger partial charge on any atom is 0.227 e. The molecule has 1 aromatic rings. The van der Waals surface area contributed by atoms with Crippen molar-refractivity contribution in [1.82, 2.24) is 10.2 Å². The van der Waals surface area contributed by atoms with Crippen LogP contribution in [0, 0.1) is 11.7 Å². The second-order valence-corrected chi connectivity index (χ2v) is 5.53. The van der Waals surface area contributed by atoms with Crippen molar-refractivity contribution < 1.29 is 14.0 Å². The Hall–Kier alpha value is -1.66. The van der Waals surface area contributed by atoms with Gasteiger partial charge in [0.25, 0.3) is 0 Å². The second-order valence-electron chi connectivity index (χ2n) is 5.53. The average molecular weight is 344 g/mol. The molecule has 1 saturated heterocycles. The van der Waals surface area contributed by atoms with E-state index in [9.17, 15) is 14.0 Å². The summed E-state index contributed by atoms with van der Waals surface area (Å²) in [7, 11) is 0. The van der Waals surface area contributed by atoms with Crippen molar-refractivity contribution in [2.24, 2.45) is 11.7 Å². The Morgan fingerprint density at radius 2 is 2.09 bits per heavy atom. The smallest absolute Gasteiger partial charge is 0.227 e. The van der Waals surface area contributed by atoms with E-state index in [0.29, 0.717) is 31.7 Å². The van der Waals surface area contributed by atoms with Crippen molar-refractivity contribution in [3.8, 4) is 0 Å². The van der Waals surface area contributed by atoms with Crippen LogP contribution in [0.2, 0.25) is 0 Å². The third-order valence-electron chi connectivity index (χ3n) is 3.89. The molecule has 128 valence electrons. The van der Waals surface area contributed by atoms with Crippen molar-refractivity contribution >= 4 is 24.2 Å². The van der Waals surface area contributed by atoms with E-state index in [2.05, 4.69) is 5.32 Å². The molecule has 3 N–H and O–H groups in total. The highest BCUT2D eigenvalue weighted by atomic mass is 35.5. The van der Waals surface area contributed by atoms with Crippen molar-refractivity contribution in [3.05, 3.63) is 35.6 Å². The number of rotatable bonds is 5. The molecule has 1 aliphatic rings. The summed E-state index contributed by atoms with van der Waals surface area (Å²) in [6, 6.07) is 6.28. The van der Waals surface area contributed by atoms with Gasteiger partial charge in [0.2, 0.25) is 11.8 Å². The normalized spacial score (nSPS) is 17.3. The van der Waals surface area contributed by atoms with Crippen LogP contribution < -0.4 is 11.1 Å². The maximum atomic E-state index is 13.6. The van der Waals surface area contributed by atoms with Crippen LogP contribution in [0.15, 0.2) is 24.3 Å². The predicted octanol–water partition coefficient (Wildman–Crippen LogP) is 1.10. The highest BCUT2D eigenvalue weighted by molar-refractivity contribution is 5.85. The van der Waals surface area contributed by atoms with Gasteiger partial charge >= 0.3 is 0 Å². The predicted molar refractivity (Wildman–Crippen MR) is 88.7 cm³/mol. The molecule has 0 aliphatic carbocycles. The summed E-state index contributed by atoms with van der Waals surface area (Å²) in [4.78, 5) is 25.9. The first kappa shape index (κ1) is 19.4. The minimum Gasteiger partial charge on any atom is -0.355 e. The number of amides is 2. The number of carbonyl (C=O) groups is 2. The molecule has 1 atom stereocenters. The molecule has 0 saturated carbocycles. The number of hydrogen-bond acceptors (Lipinski definition) is 3. The van der Waals surface area contributed by atoms with E-state index in [1.807, 2.05) is 0 Å². The van der Waals surface area contributed by atoms with Gasteiger partial charge in [0, 0.05) is 26.2 Å². The summed E-state index contributed by atoms with van der Waals surface area (Å²) in [5, 5.41) is 2.76. The number of nitrogens with zero attached hydrogens (tertiary/aromatic N) is 1. The van der Waals surface area contributed by atoms with Gasteiger partial charge in [-0.3, -0.25) is 9.59 Å². The molecule has 5 nitrogen and oxygen atoms in total. The minimum atomic E-state index is -0.370. The van der Waals surface area contributed by atoms with E-state index in [1.54, 1.807) is 23.1 Å². The maximum absolute atomic E-state index is 13.6. The molecule has 1 fully saturated rings. The monoisotopic (exact) mass is 343 g/mol. The zero-order chi connectivity index (χ0) is 15.9. The minimum absolute atomic E-state index is 0. The molecule has 7 heteroatoms. The fourth-order valence-electron chi connectivity index (χ4n) is 2.67. The van der Waals surface area contributed by atoms with Crippen molar-refractivity contribution in [3.63, 3.8) is 0 Å². The fourth-order valence-corrected chi connectivity index (χ4v) is 2.67. The van der Waals surface area contributed by atoms with Crippen LogP contribution >= 0.6 is 12.4 Å². The Kier molecular flexibility index (Phi) is 7.98. The Morgan fingerprint density at radius 1 is 1.35 bits per heavy atom. The van der Waals surface area contributed by atoms with Gasteiger partial charge in [0.05, 0.1) is 12.3 Å². The SMILES string of the molecule is Cl.NCCNC(=O)C1CCCN(C(=O)Cc2ccccc2F)C1. The lowest BCUT2D eigenvalue weighted by Gasteiger charge is -2.32.